The van der Waals surface area contributed by atoms with Crippen LogP contribution in [0.1, 0.15) is 4.88 Å². The normalized spacial score (nSPS) is 11.4. The molecule has 2 rings (SSSR count). The molecule has 0 bridgehead atoms. The summed E-state index contributed by atoms with van der Waals surface area (Å²) in [5.74, 6) is 0.465. The van der Waals surface area contributed by atoms with Crippen molar-refractivity contribution in [1.82, 2.24) is 5.32 Å². The van der Waals surface area contributed by atoms with Crippen LogP contribution in [0.3, 0.4) is 0 Å². The summed E-state index contributed by atoms with van der Waals surface area (Å²) in [5.41, 5.74) is 0.397. The van der Waals surface area contributed by atoms with E-state index in [0.717, 1.165) is 9.35 Å². The topological polar surface area (TPSA) is 67.4 Å². The van der Waals surface area contributed by atoms with Gasteiger partial charge in [0.05, 0.1) is 17.7 Å². The van der Waals surface area contributed by atoms with Gasteiger partial charge in [-0.1, -0.05) is 15.9 Å². The van der Waals surface area contributed by atoms with E-state index in [4.69, 9.17) is 4.74 Å². The van der Waals surface area contributed by atoms with Crippen LogP contribution in [0.25, 0.3) is 0 Å². The number of methoxy groups -OCH3 is 1. The smallest absolute Gasteiger partial charge is 0.262 e. The average Bonchev–Trinajstić information content (AvgIpc) is 2.88. The molecule has 0 aliphatic carbocycles. The molecule has 0 atom stereocenters. The lowest BCUT2D eigenvalue weighted by Gasteiger charge is -2.11. The lowest BCUT2D eigenvalue weighted by atomic mass is 10.3. The molecule has 0 radical (unpaired) electrons. The van der Waals surface area contributed by atoms with Crippen molar-refractivity contribution in [2.75, 3.05) is 18.9 Å². The molecule has 21 heavy (non-hydrogen) atoms. The van der Waals surface area contributed by atoms with E-state index in [1.54, 1.807) is 29.6 Å². The minimum absolute atomic E-state index is 0.250. The van der Waals surface area contributed by atoms with Crippen molar-refractivity contribution >= 4 is 43.0 Å². The first kappa shape index (κ1) is 16.3. The van der Waals surface area contributed by atoms with E-state index < -0.39 is 10.0 Å². The van der Waals surface area contributed by atoms with Gasteiger partial charge in [-0.2, -0.15) is 0 Å². The number of benzene rings is 1. The van der Waals surface area contributed by atoms with Crippen molar-refractivity contribution in [2.45, 2.75) is 11.4 Å². The van der Waals surface area contributed by atoms with E-state index >= 15 is 0 Å². The third-order valence-electron chi connectivity index (χ3n) is 2.70. The first-order valence-corrected chi connectivity index (χ1v) is 9.20. The Hall–Kier alpha value is -1.09. The van der Waals surface area contributed by atoms with Gasteiger partial charge in [0.15, 0.2) is 0 Å². The zero-order valence-corrected chi connectivity index (χ0v) is 14.7. The Labute approximate surface area is 136 Å². The van der Waals surface area contributed by atoms with E-state index in [2.05, 4.69) is 26.0 Å². The second-order valence-corrected chi connectivity index (χ2v) is 7.82. The van der Waals surface area contributed by atoms with Crippen LogP contribution in [0.15, 0.2) is 39.0 Å². The SMILES string of the molecule is CNCc1cc(S(=O)(=O)Nc2cc(Br)ccc2OC)cs1. The maximum Gasteiger partial charge on any atom is 0.262 e. The maximum atomic E-state index is 12.4. The predicted molar refractivity (Wildman–Crippen MR) is 88.6 cm³/mol. The number of halogens is 1. The van der Waals surface area contributed by atoms with Gasteiger partial charge in [-0.15, -0.1) is 11.3 Å². The molecule has 0 saturated heterocycles. The van der Waals surface area contributed by atoms with Crippen LogP contribution < -0.4 is 14.8 Å². The molecular formula is C13H15BrN2O3S2. The van der Waals surface area contributed by atoms with Gasteiger partial charge in [0.25, 0.3) is 10.0 Å². The number of sulfonamides is 1. The summed E-state index contributed by atoms with van der Waals surface area (Å²) in [4.78, 5) is 1.21. The average molecular weight is 391 g/mol. The zero-order valence-electron chi connectivity index (χ0n) is 11.5. The highest BCUT2D eigenvalue weighted by Crippen LogP contribution is 2.30. The zero-order chi connectivity index (χ0) is 15.5. The van der Waals surface area contributed by atoms with Crippen molar-refractivity contribution in [3.63, 3.8) is 0 Å². The second kappa shape index (κ2) is 6.78. The summed E-state index contributed by atoms with van der Waals surface area (Å²) < 4.78 is 33.3. The highest BCUT2D eigenvalue weighted by molar-refractivity contribution is 9.10. The van der Waals surface area contributed by atoms with Crippen molar-refractivity contribution in [3.8, 4) is 5.75 Å². The van der Waals surface area contributed by atoms with Crippen LogP contribution in [-0.2, 0) is 16.6 Å². The minimum atomic E-state index is -3.63. The molecule has 8 heteroatoms. The quantitative estimate of drug-likeness (QED) is 0.795. The molecule has 114 valence electrons. The molecule has 0 unspecified atom stereocenters. The molecule has 0 amide bonds. The van der Waals surface area contributed by atoms with Gasteiger partial charge < -0.3 is 10.1 Å². The van der Waals surface area contributed by atoms with E-state index in [9.17, 15) is 8.42 Å². The van der Waals surface area contributed by atoms with Gasteiger partial charge in [0.1, 0.15) is 5.75 Å². The minimum Gasteiger partial charge on any atom is -0.495 e. The Morgan fingerprint density at radius 2 is 2.10 bits per heavy atom. The summed E-state index contributed by atoms with van der Waals surface area (Å²) in [6.07, 6.45) is 0. The van der Waals surface area contributed by atoms with E-state index in [1.807, 2.05) is 7.05 Å². The van der Waals surface area contributed by atoms with Gasteiger partial charge in [0.2, 0.25) is 0 Å². The van der Waals surface area contributed by atoms with Gasteiger partial charge in [-0.3, -0.25) is 4.72 Å². The van der Waals surface area contributed by atoms with Crippen molar-refractivity contribution in [1.29, 1.82) is 0 Å². The van der Waals surface area contributed by atoms with Crippen LogP contribution in [0.4, 0.5) is 5.69 Å². The predicted octanol–water partition coefficient (Wildman–Crippen LogP) is 3.04. The Balaban J connectivity index is 2.30. The number of hydrogen-bond acceptors (Lipinski definition) is 5. The lowest BCUT2D eigenvalue weighted by Crippen LogP contribution is -2.13. The Morgan fingerprint density at radius 1 is 1.33 bits per heavy atom. The third-order valence-corrected chi connectivity index (χ3v) is 5.62. The van der Waals surface area contributed by atoms with Gasteiger partial charge in [-0.05, 0) is 31.3 Å². The highest BCUT2D eigenvalue weighted by Gasteiger charge is 2.18. The maximum absolute atomic E-state index is 12.4. The van der Waals surface area contributed by atoms with E-state index in [-0.39, 0.29) is 4.90 Å². The number of rotatable bonds is 6. The summed E-state index contributed by atoms with van der Waals surface area (Å²) in [7, 11) is -0.314. The number of nitrogens with one attached hydrogen (secondary N) is 2. The number of ether oxygens (including phenoxy) is 1. The van der Waals surface area contributed by atoms with Crippen molar-refractivity contribution in [3.05, 3.63) is 39.0 Å². The second-order valence-electron chi connectivity index (χ2n) is 4.23. The van der Waals surface area contributed by atoms with E-state index in [1.165, 1.54) is 18.4 Å². The highest BCUT2D eigenvalue weighted by atomic mass is 79.9. The molecule has 0 spiro atoms. The number of thiophene rings is 1. The fraction of sp³-hybridized carbons (Fsp3) is 0.231. The molecule has 1 heterocycles. The molecule has 0 aliphatic heterocycles. The van der Waals surface area contributed by atoms with Crippen molar-refractivity contribution < 1.29 is 13.2 Å². The molecule has 2 aromatic rings. The molecule has 5 nitrogen and oxygen atoms in total. The largest absolute Gasteiger partial charge is 0.495 e. The van der Waals surface area contributed by atoms with Crippen LogP contribution in [-0.4, -0.2) is 22.6 Å². The Morgan fingerprint density at radius 3 is 2.76 bits per heavy atom. The fourth-order valence-electron chi connectivity index (χ4n) is 1.73. The summed E-state index contributed by atoms with van der Waals surface area (Å²) in [6.45, 7) is 0.639. The standard InChI is InChI=1S/C13H15BrN2O3S2/c1-15-7-10-6-11(8-20-10)21(17,18)16-12-5-9(14)3-4-13(12)19-2/h3-6,8,15-16H,7H2,1-2H3. The Bertz CT molecular complexity index is 729. The molecule has 0 fully saturated rings. The molecular weight excluding hydrogens is 376 g/mol. The molecule has 2 N–H and O–H groups in total. The van der Waals surface area contributed by atoms with Gasteiger partial charge >= 0.3 is 0 Å². The van der Waals surface area contributed by atoms with Crippen LogP contribution >= 0.6 is 27.3 Å². The number of anilines is 1. The number of hydrogen-bond donors (Lipinski definition) is 2. The van der Waals surface area contributed by atoms with Gasteiger partial charge in [0, 0.05) is 21.3 Å². The summed E-state index contributed by atoms with van der Waals surface area (Å²) >= 11 is 4.72. The Kier molecular flexibility index (Phi) is 5.26. The monoisotopic (exact) mass is 390 g/mol. The van der Waals surface area contributed by atoms with Gasteiger partial charge in [-0.25, -0.2) is 8.42 Å². The molecule has 0 saturated carbocycles. The van der Waals surface area contributed by atoms with Crippen LogP contribution in [0.5, 0.6) is 5.75 Å². The first-order chi connectivity index (χ1) is 9.96. The fourth-order valence-corrected chi connectivity index (χ4v) is 4.44. The van der Waals surface area contributed by atoms with Crippen LogP contribution in [0, 0.1) is 0 Å². The van der Waals surface area contributed by atoms with E-state index in [0.29, 0.717) is 18.0 Å². The third kappa shape index (κ3) is 3.97. The first-order valence-electron chi connectivity index (χ1n) is 6.04. The molecule has 0 aliphatic rings. The molecule has 1 aromatic heterocycles. The summed E-state index contributed by atoms with van der Waals surface area (Å²) in [6, 6.07) is 6.81. The lowest BCUT2D eigenvalue weighted by molar-refractivity contribution is 0.417. The van der Waals surface area contributed by atoms with Crippen molar-refractivity contribution in [2.24, 2.45) is 0 Å². The van der Waals surface area contributed by atoms with Crippen LogP contribution in [0.2, 0.25) is 0 Å². The summed E-state index contributed by atoms with van der Waals surface area (Å²) in [5, 5.41) is 4.62. The molecule has 1 aromatic carbocycles.